The first-order chi connectivity index (χ1) is 13.0. The molecule has 0 saturated carbocycles. The first-order valence-corrected chi connectivity index (χ1v) is 8.99. The summed E-state index contributed by atoms with van der Waals surface area (Å²) < 4.78 is 32.6. The molecular weight excluding hydrogens is 400 g/mol. The van der Waals surface area contributed by atoms with Gasteiger partial charge in [-0.25, -0.2) is 13.8 Å². The minimum absolute atomic E-state index is 0.148. The SMILES string of the molecule is COOc1cc(OCC(F)F)cnc1NSc1c[nH]c2c(C)c(Cl)ccc12. The largest absolute Gasteiger partial charge is 0.486 e. The van der Waals surface area contributed by atoms with E-state index >= 15 is 0 Å². The number of hydrogen-bond acceptors (Lipinski definition) is 6. The molecule has 0 unspecified atom stereocenters. The number of benzene rings is 1. The third-order valence-electron chi connectivity index (χ3n) is 3.65. The average molecular weight is 416 g/mol. The molecule has 2 aromatic heterocycles. The second kappa shape index (κ2) is 8.64. The number of nitrogens with one attached hydrogen (secondary N) is 2. The number of pyridine rings is 1. The van der Waals surface area contributed by atoms with Crippen molar-refractivity contribution in [2.45, 2.75) is 18.2 Å². The number of aryl methyl sites for hydroxylation is 1. The molecule has 3 aromatic rings. The molecule has 0 aliphatic heterocycles. The van der Waals surface area contributed by atoms with Crippen molar-refractivity contribution in [2.75, 3.05) is 18.4 Å². The van der Waals surface area contributed by atoms with Crippen LogP contribution in [0, 0.1) is 6.92 Å². The molecule has 2 N–H and O–H groups in total. The van der Waals surface area contributed by atoms with Gasteiger partial charge in [-0.2, -0.15) is 4.89 Å². The van der Waals surface area contributed by atoms with Crippen LogP contribution in [-0.4, -0.2) is 30.1 Å². The van der Waals surface area contributed by atoms with Crippen LogP contribution in [0.2, 0.25) is 5.02 Å². The summed E-state index contributed by atoms with van der Waals surface area (Å²) in [6, 6.07) is 5.18. The molecule has 0 bridgehead atoms. The maximum absolute atomic E-state index is 12.3. The average Bonchev–Trinajstić information content (AvgIpc) is 3.06. The first-order valence-electron chi connectivity index (χ1n) is 7.80. The van der Waals surface area contributed by atoms with E-state index in [4.69, 9.17) is 21.2 Å². The molecule has 0 radical (unpaired) electrons. The fourth-order valence-electron chi connectivity index (χ4n) is 2.38. The molecule has 0 aliphatic rings. The van der Waals surface area contributed by atoms with Crippen LogP contribution in [0.1, 0.15) is 5.56 Å². The molecule has 6 nitrogen and oxygen atoms in total. The number of fused-ring (bicyclic) bond motifs is 1. The van der Waals surface area contributed by atoms with Gasteiger partial charge in [0.05, 0.1) is 23.7 Å². The Kier molecular flexibility index (Phi) is 6.25. The van der Waals surface area contributed by atoms with Crippen molar-refractivity contribution in [3.8, 4) is 11.5 Å². The highest BCUT2D eigenvalue weighted by atomic mass is 35.5. The molecule has 0 fully saturated rings. The monoisotopic (exact) mass is 415 g/mol. The van der Waals surface area contributed by atoms with Crippen LogP contribution in [-0.2, 0) is 4.89 Å². The predicted molar refractivity (Wildman–Crippen MR) is 101 cm³/mol. The second-order valence-electron chi connectivity index (χ2n) is 5.42. The molecule has 0 saturated heterocycles. The molecule has 27 heavy (non-hydrogen) atoms. The summed E-state index contributed by atoms with van der Waals surface area (Å²) in [5.74, 6) is 0.706. The van der Waals surface area contributed by atoms with E-state index in [9.17, 15) is 8.78 Å². The predicted octanol–water partition coefficient (Wildman–Crippen LogP) is 5.23. The minimum Gasteiger partial charge on any atom is -0.486 e. The quantitative estimate of drug-likeness (QED) is 0.298. The molecule has 3 rings (SSSR count). The Labute approximate surface area is 163 Å². The van der Waals surface area contributed by atoms with E-state index in [0.717, 1.165) is 21.4 Å². The van der Waals surface area contributed by atoms with Crippen LogP contribution < -0.4 is 14.3 Å². The lowest BCUT2D eigenvalue weighted by Crippen LogP contribution is -2.07. The number of anilines is 1. The van der Waals surface area contributed by atoms with Gasteiger partial charge in [-0.3, -0.25) is 0 Å². The highest BCUT2D eigenvalue weighted by molar-refractivity contribution is 8.00. The van der Waals surface area contributed by atoms with E-state index in [-0.39, 0.29) is 11.5 Å². The summed E-state index contributed by atoms with van der Waals surface area (Å²) in [6.45, 7) is 1.21. The van der Waals surface area contributed by atoms with Gasteiger partial charge in [-0.1, -0.05) is 17.7 Å². The Balaban J connectivity index is 1.78. The van der Waals surface area contributed by atoms with Crippen molar-refractivity contribution < 1.29 is 23.3 Å². The van der Waals surface area contributed by atoms with E-state index in [1.54, 1.807) is 0 Å². The Morgan fingerprint density at radius 1 is 1.37 bits per heavy atom. The molecule has 0 amide bonds. The van der Waals surface area contributed by atoms with Crippen molar-refractivity contribution in [3.63, 3.8) is 0 Å². The van der Waals surface area contributed by atoms with Gasteiger partial charge in [-0.15, -0.1) is 0 Å². The van der Waals surface area contributed by atoms with Crippen molar-refractivity contribution >= 4 is 40.3 Å². The summed E-state index contributed by atoms with van der Waals surface area (Å²) in [5, 5.41) is 1.69. The Morgan fingerprint density at radius 2 is 2.19 bits per heavy atom. The smallest absolute Gasteiger partial charge is 0.272 e. The first kappa shape index (κ1) is 19.5. The van der Waals surface area contributed by atoms with Crippen molar-refractivity contribution in [2.24, 2.45) is 0 Å². The minimum atomic E-state index is -2.58. The van der Waals surface area contributed by atoms with E-state index in [2.05, 4.69) is 19.6 Å². The van der Waals surface area contributed by atoms with E-state index in [1.807, 2.05) is 25.3 Å². The second-order valence-corrected chi connectivity index (χ2v) is 6.68. The van der Waals surface area contributed by atoms with Crippen LogP contribution in [0.5, 0.6) is 11.5 Å². The summed E-state index contributed by atoms with van der Waals surface area (Å²) >= 11 is 7.45. The number of nitrogens with zero attached hydrogens (tertiary/aromatic N) is 1. The molecule has 0 spiro atoms. The third-order valence-corrected chi connectivity index (χ3v) is 4.91. The number of alkyl halides is 2. The molecule has 0 atom stereocenters. The number of halogens is 3. The third kappa shape index (κ3) is 4.55. The fourth-order valence-corrected chi connectivity index (χ4v) is 3.29. The molecule has 0 aliphatic carbocycles. The Bertz CT molecular complexity index is 939. The summed E-state index contributed by atoms with van der Waals surface area (Å²) in [5.41, 5.74) is 1.91. The van der Waals surface area contributed by atoms with Crippen molar-refractivity contribution in [1.29, 1.82) is 0 Å². The van der Waals surface area contributed by atoms with Gasteiger partial charge >= 0.3 is 0 Å². The standard InChI is InChI=1S/C17H16ClF2N3O3S/c1-9-12(18)4-3-11-14(7-21-16(9)11)27-23-17-13(26-24-2)5-10(6-22-17)25-8-15(19)20/h3-7,15,21H,8H2,1-2H3,(H,22,23). The van der Waals surface area contributed by atoms with Gasteiger partial charge in [-0.05, 0) is 30.5 Å². The molecule has 2 heterocycles. The topological polar surface area (TPSA) is 68.4 Å². The number of ether oxygens (including phenoxy) is 1. The number of aromatic nitrogens is 2. The van der Waals surface area contributed by atoms with Crippen molar-refractivity contribution in [1.82, 2.24) is 9.97 Å². The van der Waals surface area contributed by atoms with Crippen LogP contribution in [0.25, 0.3) is 10.9 Å². The maximum atomic E-state index is 12.3. The molecule has 10 heteroatoms. The van der Waals surface area contributed by atoms with Gasteiger partial charge in [0.15, 0.2) is 5.82 Å². The number of aromatic amines is 1. The highest BCUT2D eigenvalue weighted by Crippen LogP contribution is 2.35. The zero-order valence-electron chi connectivity index (χ0n) is 14.4. The van der Waals surface area contributed by atoms with Crippen LogP contribution in [0.3, 0.4) is 0 Å². The molecule has 1 aromatic carbocycles. The number of H-pyrrole nitrogens is 1. The van der Waals surface area contributed by atoms with Gasteiger partial charge in [0, 0.05) is 22.7 Å². The maximum Gasteiger partial charge on any atom is 0.272 e. The van der Waals surface area contributed by atoms with E-state index in [0.29, 0.717) is 10.8 Å². The Hall–Kier alpha value is -2.23. The highest BCUT2D eigenvalue weighted by Gasteiger charge is 2.13. The van der Waals surface area contributed by atoms with Crippen LogP contribution >= 0.6 is 23.5 Å². The van der Waals surface area contributed by atoms with E-state index < -0.39 is 13.0 Å². The fraction of sp³-hybridized carbons (Fsp3) is 0.235. The van der Waals surface area contributed by atoms with Gasteiger partial charge in [0.1, 0.15) is 12.4 Å². The number of rotatable bonds is 8. The van der Waals surface area contributed by atoms with Gasteiger partial charge in [0.2, 0.25) is 5.75 Å². The summed E-state index contributed by atoms with van der Waals surface area (Å²) in [6.07, 6.45) is 0.597. The summed E-state index contributed by atoms with van der Waals surface area (Å²) in [7, 11) is 1.33. The summed E-state index contributed by atoms with van der Waals surface area (Å²) in [4.78, 5) is 18.0. The number of hydrogen-bond donors (Lipinski definition) is 2. The van der Waals surface area contributed by atoms with Crippen LogP contribution in [0.15, 0.2) is 35.5 Å². The van der Waals surface area contributed by atoms with Crippen LogP contribution in [0.4, 0.5) is 14.6 Å². The molecular formula is C17H16ClF2N3O3S. The lowest BCUT2D eigenvalue weighted by molar-refractivity contribution is -0.177. The zero-order chi connectivity index (χ0) is 19.4. The molecule has 144 valence electrons. The zero-order valence-corrected chi connectivity index (χ0v) is 16.0. The van der Waals surface area contributed by atoms with Gasteiger partial charge < -0.3 is 19.3 Å². The lowest BCUT2D eigenvalue weighted by Gasteiger charge is -2.11. The normalized spacial score (nSPS) is 11.2. The Morgan fingerprint density at radius 3 is 2.93 bits per heavy atom. The van der Waals surface area contributed by atoms with Crippen molar-refractivity contribution in [3.05, 3.63) is 41.2 Å². The van der Waals surface area contributed by atoms with E-state index in [1.165, 1.54) is 31.3 Å². The lowest BCUT2D eigenvalue weighted by atomic mass is 10.2. The van der Waals surface area contributed by atoms with Gasteiger partial charge in [0.25, 0.3) is 6.43 Å².